The van der Waals surface area contributed by atoms with Crippen molar-refractivity contribution in [2.75, 3.05) is 38.8 Å². The fraction of sp³-hybridized carbons (Fsp3) is 0.429. The number of anilines is 1. The molecule has 11 heteroatoms. The highest BCUT2D eigenvalue weighted by Gasteiger charge is 2.37. The van der Waals surface area contributed by atoms with Gasteiger partial charge in [-0.1, -0.05) is 22.9 Å². The van der Waals surface area contributed by atoms with Crippen LogP contribution in [0.2, 0.25) is 4.34 Å². The summed E-state index contributed by atoms with van der Waals surface area (Å²) in [5, 5.41) is 0.240. The maximum atomic E-state index is 13.6. The molecule has 0 aliphatic carbocycles. The highest BCUT2D eigenvalue weighted by atomic mass is 35.5. The smallest absolute Gasteiger partial charge is 0.401 e. The number of hydrogen-bond donors (Lipinski definition) is 0. The number of nitrogens with zero attached hydrogens (tertiary/aromatic N) is 3. The van der Waals surface area contributed by atoms with Gasteiger partial charge in [-0.3, -0.25) is 9.69 Å². The van der Waals surface area contributed by atoms with Crippen LogP contribution in [0.25, 0.3) is 0 Å². The second-order valence-electron chi connectivity index (χ2n) is 7.18. The number of benzene rings is 1. The Labute approximate surface area is 192 Å². The third kappa shape index (κ3) is 5.65. The number of rotatable bonds is 6. The molecule has 1 atom stereocenters. The van der Waals surface area contributed by atoms with Crippen molar-refractivity contribution in [2.24, 2.45) is 0 Å². The number of aromatic nitrogens is 1. The Kier molecular flexibility index (Phi) is 7.54. The lowest BCUT2D eigenvalue weighted by Crippen LogP contribution is -2.52. The van der Waals surface area contributed by atoms with Crippen LogP contribution in [-0.2, 0) is 0 Å². The van der Waals surface area contributed by atoms with Gasteiger partial charge in [0.05, 0.1) is 32.5 Å². The molecular formula is C21H21ClF3N3O3S. The molecule has 1 aliphatic rings. The zero-order valence-corrected chi connectivity index (χ0v) is 19.0. The fourth-order valence-electron chi connectivity index (χ4n) is 3.67. The van der Waals surface area contributed by atoms with E-state index >= 15 is 0 Å². The Balaban J connectivity index is 2.04. The summed E-state index contributed by atoms with van der Waals surface area (Å²) in [6.07, 6.45) is 2.04. The van der Waals surface area contributed by atoms with Gasteiger partial charge >= 0.3 is 6.18 Å². The van der Waals surface area contributed by atoms with Crippen molar-refractivity contribution in [1.82, 2.24) is 9.88 Å². The molecule has 1 amide bonds. The zero-order valence-electron chi connectivity index (χ0n) is 17.4. The molecule has 0 N–H and O–H groups in total. The molecule has 0 radical (unpaired) electrons. The van der Waals surface area contributed by atoms with Gasteiger partial charge in [0.2, 0.25) is 0 Å². The van der Waals surface area contributed by atoms with Crippen LogP contribution in [0.3, 0.4) is 0 Å². The number of hydrogen-bond acceptors (Lipinski definition) is 6. The van der Waals surface area contributed by atoms with Crippen molar-refractivity contribution in [1.29, 1.82) is 0 Å². The second-order valence-corrected chi connectivity index (χ2v) is 8.78. The van der Waals surface area contributed by atoms with Gasteiger partial charge in [-0.25, -0.2) is 4.98 Å². The molecular weight excluding hydrogens is 467 g/mol. The molecule has 1 unspecified atom stereocenters. The van der Waals surface area contributed by atoms with E-state index in [2.05, 4.69) is 10.9 Å². The van der Waals surface area contributed by atoms with E-state index in [0.717, 1.165) is 11.3 Å². The molecule has 6 nitrogen and oxygen atoms in total. The summed E-state index contributed by atoms with van der Waals surface area (Å²) >= 11 is 7.21. The average molecular weight is 488 g/mol. The number of halogens is 4. The third-order valence-corrected chi connectivity index (χ3v) is 6.18. The van der Waals surface area contributed by atoms with Crippen LogP contribution >= 0.6 is 22.9 Å². The first-order valence-electron chi connectivity index (χ1n) is 9.64. The second kappa shape index (κ2) is 9.98. The largest absolute Gasteiger partial charge is 0.497 e. The average Bonchev–Trinajstić information content (AvgIpc) is 3.13. The standard InChI is InChI=1S/C21H21ClF3N3O3S/c1-4-17-26-18(19(22)32-17)20(29)28(14-8-15(30-2)10-16(9-14)31-3)13-6-5-7-27(11-13)12-21(23,24)25/h1,8-10,13H,5-7,11-12H2,2-3H3. The Morgan fingerprint density at radius 1 is 1.34 bits per heavy atom. The molecule has 2 aromatic rings. The lowest BCUT2D eigenvalue weighted by Gasteiger charge is -2.39. The lowest BCUT2D eigenvalue weighted by atomic mass is 10.0. The van der Waals surface area contributed by atoms with E-state index in [1.165, 1.54) is 24.0 Å². The number of carbonyl (C=O) groups is 1. The van der Waals surface area contributed by atoms with Crippen LogP contribution in [0, 0.1) is 12.3 Å². The van der Waals surface area contributed by atoms with Crippen molar-refractivity contribution in [3.05, 3.63) is 33.2 Å². The molecule has 2 heterocycles. The van der Waals surface area contributed by atoms with E-state index in [1.807, 2.05) is 0 Å². The van der Waals surface area contributed by atoms with E-state index in [1.54, 1.807) is 18.2 Å². The first-order valence-corrected chi connectivity index (χ1v) is 10.8. The van der Waals surface area contributed by atoms with Crippen molar-refractivity contribution < 1.29 is 27.4 Å². The number of thiazole rings is 1. The summed E-state index contributed by atoms with van der Waals surface area (Å²) in [7, 11) is 2.93. The minimum absolute atomic E-state index is 0.0362. The Hall–Kier alpha value is -2.48. The summed E-state index contributed by atoms with van der Waals surface area (Å²) in [6.45, 7) is -0.724. The minimum Gasteiger partial charge on any atom is -0.497 e. The Morgan fingerprint density at radius 2 is 2.00 bits per heavy atom. The quantitative estimate of drug-likeness (QED) is 0.563. The van der Waals surface area contributed by atoms with Crippen molar-refractivity contribution in [2.45, 2.75) is 25.1 Å². The van der Waals surface area contributed by atoms with Crippen LogP contribution in [-0.4, -0.2) is 61.9 Å². The van der Waals surface area contributed by atoms with Crippen LogP contribution in [0.1, 0.15) is 28.3 Å². The van der Waals surface area contributed by atoms with Gasteiger partial charge < -0.3 is 14.4 Å². The maximum Gasteiger partial charge on any atom is 0.401 e. The first kappa shape index (κ1) is 24.2. The summed E-state index contributed by atoms with van der Waals surface area (Å²) < 4.78 is 49.8. The number of piperidine rings is 1. The number of ether oxygens (including phenoxy) is 2. The Morgan fingerprint density at radius 3 is 2.53 bits per heavy atom. The van der Waals surface area contributed by atoms with E-state index < -0.39 is 24.7 Å². The van der Waals surface area contributed by atoms with Crippen LogP contribution in [0.15, 0.2) is 18.2 Å². The molecule has 172 valence electrons. The van der Waals surface area contributed by atoms with Crippen molar-refractivity contribution >= 4 is 34.5 Å². The summed E-state index contributed by atoms with van der Waals surface area (Å²) in [6, 6.07) is 4.31. The number of methoxy groups -OCH3 is 2. The van der Waals surface area contributed by atoms with E-state index in [4.69, 9.17) is 27.5 Å². The fourth-order valence-corrected chi connectivity index (χ4v) is 4.61. The van der Waals surface area contributed by atoms with Gasteiger partial charge in [-0.05, 0) is 25.3 Å². The number of terminal acetylenes is 1. The number of likely N-dealkylation sites (tertiary alicyclic amines) is 1. The van der Waals surface area contributed by atoms with Gasteiger partial charge in [0.25, 0.3) is 5.91 Å². The van der Waals surface area contributed by atoms with E-state index in [-0.39, 0.29) is 28.1 Å². The molecule has 0 bridgehead atoms. The molecule has 1 saturated heterocycles. The molecule has 3 rings (SSSR count). The van der Waals surface area contributed by atoms with Crippen LogP contribution < -0.4 is 14.4 Å². The topological polar surface area (TPSA) is 54.9 Å². The normalized spacial score (nSPS) is 17.0. The molecule has 0 spiro atoms. The molecule has 1 fully saturated rings. The highest BCUT2D eigenvalue weighted by Crippen LogP contribution is 2.34. The van der Waals surface area contributed by atoms with Gasteiger partial charge in [-0.2, -0.15) is 13.2 Å². The van der Waals surface area contributed by atoms with Gasteiger partial charge in [-0.15, -0.1) is 6.42 Å². The molecule has 1 aromatic heterocycles. The molecule has 1 aromatic carbocycles. The monoisotopic (exact) mass is 487 g/mol. The van der Waals surface area contributed by atoms with Gasteiger partial charge in [0.1, 0.15) is 15.8 Å². The summed E-state index contributed by atoms with van der Waals surface area (Å²) in [5.41, 5.74) is 0.357. The zero-order chi connectivity index (χ0) is 23.5. The minimum atomic E-state index is -4.34. The number of alkyl halides is 3. The molecule has 32 heavy (non-hydrogen) atoms. The molecule has 0 saturated carbocycles. The maximum absolute atomic E-state index is 13.6. The summed E-state index contributed by atoms with van der Waals surface area (Å²) in [5.74, 6) is 2.65. The third-order valence-electron chi connectivity index (χ3n) is 4.99. The summed E-state index contributed by atoms with van der Waals surface area (Å²) in [4.78, 5) is 20.4. The Bertz CT molecular complexity index is 1000. The van der Waals surface area contributed by atoms with Gasteiger partial charge in [0, 0.05) is 24.7 Å². The first-order chi connectivity index (χ1) is 15.1. The SMILES string of the molecule is C#Cc1nc(C(=O)N(c2cc(OC)cc(OC)c2)C2CCCN(CC(F)(F)F)C2)c(Cl)s1. The van der Waals surface area contributed by atoms with E-state index in [0.29, 0.717) is 30.0 Å². The number of amides is 1. The highest BCUT2D eigenvalue weighted by molar-refractivity contribution is 7.16. The van der Waals surface area contributed by atoms with Crippen molar-refractivity contribution in [3.8, 4) is 23.8 Å². The van der Waals surface area contributed by atoms with E-state index in [9.17, 15) is 18.0 Å². The van der Waals surface area contributed by atoms with Crippen LogP contribution in [0.4, 0.5) is 18.9 Å². The molecule has 1 aliphatic heterocycles. The van der Waals surface area contributed by atoms with Crippen LogP contribution in [0.5, 0.6) is 11.5 Å². The lowest BCUT2D eigenvalue weighted by molar-refractivity contribution is -0.148. The predicted octanol–water partition coefficient (Wildman–Crippen LogP) is 4.47. The van der Waals surface area contributed by atoms with Gasteiger partial charge in [0.15, 0.2) is 10.7 Å². The predicted molar refractivity (Wildman–Crippen MR) is 117 cm³/mol. The number of carbonyl (C=O) groups excluding carboxylic acids is 1. The van der Waals surface area contributed by atoms with Crippen molar-refractivity contribution in [3.63, 3.8) is 0 Å².